The molecule has 0 radical (unpaired) electrons. The van der Waals surface area contributed by atoms with Gasteiger partial charge in [-0.25, -0.2) is 0 Å². The molecule has 3 rings (SSSR count). The minimum absolute atomic E-state index is 0.496. The maximum absolute atomic E-state index is 12.2. The Balaban J connectivity index is 2.04. The van der Waals surface area contributed by atoms with Gasteiger partial charge in [-0.15, -0.1) is 0 Å². The van der Waals surface area contributed by atoms with E-state index in [1.165, 1.54) is 13.8 Å². The highest BCUT2D eigenvalue weighted by atomic mass is 32.1. The summed E-state index contributed by atoms with van der Waals surface area (Å²) in [5, 5.41) is 20.6. The third-order valence-corrected chi connectivity index (χ3v) is 4.95. The molecule has 0 saturated carbocycles. The highest BCUT2D eigenvalue weighted by molar-refractivity contribution is 7.08. The zero-order chi connectivity index (χ0) is 19.3. The molecule has 27 heavy (non-hydrogen) atoms. The fourth-order valence-electron chi connectivity index (χ4n) is 2.12. The number of hydrogen-bond acceptors (Lipinski definition) is 4. The van der Waals surface area contributed by atoms with E-state index in [0.29, 0.717) is 11.3 Å². The van der Waals surface area contributed by atoms with Gasteiger partial charge in [0, 0.05) is 27.5 Å². The van der Waals surface area contributed by atoms with E-state index in [4.69, 9.17) is 0 Å². The topological polar surface area (TPSA) is 49.3 Å². The van der Waals surface area contributed by atoms with Crippen molar-refractivity contribution in [2.75, 3.05) is 5.32 Å². The van der Waals surface area contributed by atoms with Crippen molar-refractivity contribution in [3.63, 3.8) is 0 Å². The summed E-state index contributed by atoms with van der Waals surface area (Å²) >= 11 is 3.16. The van der Waals surface area contributed by atoms with Gasteiger partial charge in [0.25, 0.3) is 5.91 Å². The molecule has 0 atom stereocenters. The van der Waals surface area contributed by atoms with Crippen LogP contribution in [0.3, 0.4) is 0 Å². The van der Waals surface area contributed by atoms with Gasteiger partial charge in [0.05, 0.1) is 11.3 Å². The Labute approximate surface area is 166 Å². The van der Waals surface area contributed by atoms with Crippen molar-refractivity contribution in [3.8, 4) is 23.7 Å². The quantitative estimate of drug-likeness (QED) is 0.639. The maximum atomic E-state index is 12.2. The fourth-order valence-corrected chi connectivity index (χ4v) is 3.29. The number of anilines is 1. The van der Waals surface area contributed by atoms with E-state index in [0.717, 1.165) is 16.7 Å². The normalized spacial score (nSPS) is 10.3. The molecule has 0 unspecified atom stereocenters. The first-order valence-corrected chi connectivity index (χ1v) is 10.1. The van der Waals surface area contributed by atoms with Crippen LogP contribution in [-0.2, 0) is 4.79 Å². The van der Waals surface area contributed by atoms with Gasteiger partial charge in [-0.05, 0) is 48.9 Å². The Morgan fingerprint density at radius 1 is 0.963 bits per heavy atom. The molecule has 0 spiro atoms. The molecule has 0 bridgehead atoms. The Morgan fingerprint density at radius 2 is 1.59 bits per heavy atom. The van der Waals surface area contributed by atoms with E-state index in [2.05, 4.69) is 29.0 Å². The zero-order valence-electron chi connectivity index (χ0n) is 14.9. The van der Waals surface area contributed by atoms with Crippen LogP contribution in [0, 0.1) is 23.7 Å². The highest BCUT2D eigenvalue weighted by Gasteiger charge is 2.24. The van der Waals surface area contributed by atoms with Crippen molar-refractivity contribution in [2.45, 2.75) is 19.4 Å². The molecule has 2 heterocycles. The molecule has 0 aliphatic carbocycles. The third kappa shape index (κ3) is 5.09. The predicted octanol–water partition coefficient (Wildman–Crippen LogP) is 4.32. The number of rotatable bonds is 2. The fraction of sp³-hybridized carbons (Fsp3) is 0.136. The van der Waals surface area contributed by atoms with Crippen LogP contribution in [0.15, 0.2) is 51.9 Å². The van der Waals surface area contributed by atoms with Gasteiger partial charge in [0.1, 0.15) is 5.60 Å². The second kappa shape index (κ2) is 8.24. The second-order valence-electron chi connectivity index (χ2n) is 6.27. The molecule has 2 N–H and O–H groups in total. The average molecular weight is 392 g/mol. The Kier molecular flexibility index (Phi) is 5.78. The van der Waals surface area contributed by atoms with Crippen LogP contribution in [0.4, 0.5) is 5.69 Å². The Morgan fingerprint density at radius 3 is 2.15 bits per heavy atom. The van der Waals surface area contributed by atoms with Crippen LogP contribution in [0.1, 0.15) is 36.1 Å². The summed E-state index contributed by atoms with van der Waals surface area (Å²) in [6.45, 7) is 2.89. The van der Waals surface area contributed by atoms with E-state index in [1.807, 2.05) is 45.8 Å². The highest BCUT2D eigenvalue weighted by Crippen LogP contribution is 2.21. The average Bonchev–Trinajstić information content (AvgIpc) is 3.32. The molecular weight excluding hydrogens is 374 g/mol. The first kappa shape index (κ1) is 18.9. The largest absolute Gasteiger partial charge is 0.381 e. The summed E-state index contributed by atoms with van der Waals surface area (Å²) in [6.07, 6.45) is 0. The first-order valence-electron chi connectivity index (χ1n) is 8.19. The van der Waals surface area contributed by atoms with Gasteiger partial charge in [-0.2, -0.15) is 22.7 Å². The summed E-state index contributed by atoms with van der Waals surface area (Å²) < 4.78 is 0. The maximum Gasteiger partial charge on any atom is 0.255 e. The van der Waals surface area contributed by atoms with Crippen LogP contribution < -0.4 is 5.32 Å². The van der Waals surface area contributed by atoms with E-state index in [1.54, 1.807) is 28.7 Å². The van der Waals surface area contributed by atoms with Gasteiger partial charge in [0.2, 0.25) is 0 Å². The lowest BCUT2D eigenvalue weighted by atomic mass is 10.0. The van der Waals surface area contributed by atoms with Crippen LogP contribution in [-0.4, -0.2) is 16.6 Å². The molecule has 2 aromatic heterocycles. The van der Waals surface area contributed by atoms with E-state index in [-0.39, 0.29) is 0 Å². The number of aliphatic hydroxyl groups is 1. The molecular formula is C22H17NO2S2. The lowest BCUT2D eigenvalue weighted by Crippen LogP contribution is -2.36. The lowest BCUT2D eigenvalue weighted by Gasteiger charge is -2.17. The van der Waals surface area contributed by atoms with Crippen LogP contribution in [0.2, 0.25) is 0 Å². The van der Waals surface area contributed by atoms with E-state index in [9.17, 15) is 9.90 Å². The molecule has 0 aliphatic rings. The number of nitrogens with one attached hydrogen (secondary N) is 1. The smallest absolute Gasteiger partial charge is 0.255 e. The monoisotopic (exact) mass is 391 g/mol. The predicted molar refractivity (Wildman–Crippen MR) is 112 cm³/mol. The lowest BCUT2D eigenvalue weighted by molar-refractivity contribution is -0.130. The van der Waals surface area contributed by atoms with Crippen LogP contribution in [0.5, 0.6) is 0 Å². The molecule has 3 nitrogen and oxygen atoms in total. The van der Waals surface area contributed by atoms with Crippen LogP contribution >= 0.6 is 22.7 Å². The number of carbonyl (C=O) groups excluding carboxylic acids is 1. The number of carbonyl (C=O) groups is 1. The molecule has 5 heteroatoms. The summed E-state index contributed by atoms with van der Waals surface area (Å²) in [5.74, 6) is 12.0. The molecule has 0 aliphatic heterocycles. The van der Waals surface area contributed by atoms with Crippen molar-refractivity contribution < 1.29 is 9.90 Å². The third-order valence-electron chi connectivity index (χ3n) is 3.58. The van der Waals surface area contributed by atoms with Crippen molar-refractivity contribution in [2.24, 2.45) is 0 Å². The van der Waals surface area contributed by atoms with Crippen LogP contribution in [0.25, 0.3) is 0 Å². The molecule has 134 valence electrons. The van der Waals surface area contributed by atoms with E-state index >= 15 is 0 Å². The minimum atomic E-state index is -1.49. The van der Waals surface area contributed by atoms with Crippen molar-refractivity contribution in [3.05, 3.63) is 74.1 Å². The van der Waals surface area contributed by atoms with Crippen molar-refractivity contribution in [1.29, 1.82) is 0 Å². The molecule has 0 saturated heterocycles. The first-order chi connectivity index (χ1) is 12.9. The number of hydrogen-bond donors (Lipinski definition) is 2. The SMILES string of the molecule is CC(C)(O)C(=O)Nc1cccc(C#Cc2ccsc2)c1C#Cc1ccsc1. The summed E-state index contributed by atoms with van der Waals surface area (Å²) in [5.41, 5.74) is 2.22. The van der Waals surface area contributed by atoms with E-state index < -0.39 is 11.5 Å². The standard InChI is InChI=1S/C22H17NO2S2/c1-22(2,25)21(24)23-20-5-3-4-18(8-6-16-10-12-26-14-16)19(20)9-7-17-11-13-27-15-17/h3-5,10-15,25H,1-2H3,(H,23,24). The van der Waals surface area contributed by atoms with Gasteiger partial charge >= 0.3 is 0 Å². The number of thiophene rings is 2. The van der Waals surface area contributed by atoms with Gasteiger partial charge in [-0.1, -0.05) is 29.7 Å². The molecule has 1 amide bonds. The summed E-state index contributed by atoms with van der Waals surface area (Å²) in [6, 6.07) is 9.34. The Hall–Kier alpha value is -2.83. The van der Waals surface area contributed by atoms with Crippen molar-refractivity contribution >= 4 is 34.3 Å². The number of benzene rings is 1. The zero-order valence-corrected chi connectivity index (χ0v) is 16.5. The Bertz CT molecular complexity index is 1050. The summed E-state index contributed by atoms with van der Waals surface area (Å²) in [7, 11) is 0. The molecule has 1 aromatic carbocycles. The van der Waals surface area contributed by atoms with Gasteiger partial charge in [-0.3, -0.25) is 4.79 Å². The second-order valence-corrected chi connectivity index (χ2v) is 7.83. The van der Waals surface area contributed by atoms with Gasteiger partial charge < -0.3 is 10.4 Å². The molecule has 3 aromatic rings. The van der Waals surface area contributed by atoms with Gasteiger partial charge in [0.15, 0.2) is 0 Å². The minimum Gasteiger partial charge on any atom is -0.381 e. The summed E-state index contributed by atoms with van der Waals surface area (Å²) in [4.78, 5) is 12.2. The van der Waals surface area contributed by atoms with Crippen molar-refractivity contribution in [1.82, 2.24) is 0 Å². The molecule has 0 fully saturated rings. The number of amides is 1.